The highest BCUT2D eigenvalue weighted by molar-refractivity contribution is 5.81. The third kappa shape index (κ3) is 2.04. The van der Waals surface area contributed by atoms with E-state index in [1.54, 1.807) is 7.11 Å². The van der Waals surface area contributed by atoms with Crippen LogP contribution >= 0.6 is 0 Å². The van der Waals surface area contributed by atoms with Gasteiger partial charge in [0.2, 0.25) is 0 Å². The van der Waals surface area contributed by atoms with Crippen LogP contribution in [-0.4, -0.2) is 41.4 Å². The Morgan fingerprint density at radius 3 is 2.95 bits per heavy atom. The van der Waals surface area contributed by atoms with Gasteiger partial charge in [-0.3, -0.25) is 9.83 Å². The van der Waals surface area contributed by atoms with E-state index in [4.69, 9.17) is 4.84 Å². The number of hydroxylamine groups is 2. The summed E-state index contributed by atoms with van der Waals surface area (Å²) in [4.78, 5) is 14.5. The summed E-state index contributed by atoms with van der Waals surface area (Å²) in [6, 6.07) is 0. The van der Waals surface area contributed by atoms with Crippen LogP contribution in [0.1, 0.15) is 26.7 Å². The molecule has 0 fully saturated rings. The monoisotopic (exact) mass is 260 g/mol. The summed E-state index contributed by atoms with van der Waals surface area (Å²) in [5.41, 5.74) is 3.61. The maximum absolute atomic E-state index is 5.30. The smallest absolute Gasteiger partial charge is 0.137 e. The highest BCUT2D eigenvalue weighted by atomic mass is 16.7. The molecule has 0 saturated heterocycles. The van der Waals surface area contributed by atoms with Crippen molar-refractivity contribution in [2.24, 2.45) is 4.99 Å². The van der Waals surface area contributed by atoms with E-state index in [2.05, 4.69) is 34.8 Å². The van der Waals surface area contributed by atoms with Crippen molar-refractivity contribution < 1.29 is 4.84 Å². The molecule has 0 bridgehead atoms. The summed E-state index contributed by atoms with van der Waals surface area (Å²) in [5, 5.41) is 1.83. The summed E-state index contributed by atoms with van der Waals surface area (Å²) in [6.45, 7) is 6.11. The van der Waals surface area contributed by atoms with E-state index in [1.807, 2.05) is 17.5 Å². The molecule has 3 aliphatic heterocycles. The Morgan fingerprint density at radius 2 is 2.21 bits per heavy atom. The Morgan fingerprint density at radius 1 is 1.37 bits per heavy atom. The maximum Gasteiger partial charge on any atom is 0.137 e. The van der Waals surface area contributed by atoms with E-state index in [1.165, 1.54) is 11.4 Å². The predicted molar refractivity (Wildman–Crippen MR) is 74.5 cm³/mol. The van der Waals surface area contributed by atoms with Crippen LogP contribution in [0.25, 0.3) is 0 Å². The molecule has 0 aromatic rings. The molecule has 0 saturated carbocycles. The van der Waals surface area contributed by atoms with Gasteiger partial charge in [0, 0.05) is 19.2 Å². The van der Waals surface area contributed by atoms with Gasteiger partial charge in [0.05, 0.1) is 30.9 Å². The SMILES string of the molecule is CCCN1C=C(C)CC2=C1N1CN(OC)C=C1C=N2. The molecule has 0 aromatic heterocycles. The molecular formula is C14H20N4O. The van der Waals surface area contributed by atoms with Crippen LogP contribution in [-0.2, 0) is 4.84 Å². The van der Waals surface area contributed by atoms with Gasteiger partial charge in [0.1, 0.15) is 12.5 Å². The fraction of sp³-hybridized carbons (Fsp3) is 0.500. The Kier molecular flexibility index (Phi) is 3.06. The third-order valence-corrected chi connectivity index (χ3v) is 3.53. The summed E-state index contributed by atoms with van der Waals surface area (Å²) in [5.74, 6) is 1.21. The van der Waals surface area contributed by atoms with E-state index < -0.39 is 0 Å². The molecule has 19 heavy (non-hydrogen) atoms. The predicted octanol–water partition coefficient (Wildman–Crippen LogP) is 2.24. The summed E-state index contributed by atoms with van der Waals surface area (Å²) in [7, 11) is 1.69. The van der Waals surface area contributed by atoms with Crippen LogP contribution < -0.4 is 0 Å². The standard InChI is InChI=1S/C14H20N4O/c1-4-5-16-8-11(2)6-13-14(16)18-10-17(19-3)9-12(18)7-15-13/h7-9H,4-6,10H2,1-3H3. The molecule has 0 spiro atoms. The van der Waals surface area contributed by atoms with Gasteiger partial charge in [0.15, 0.2) is 0 Å². The van der Waals surface area contributed by atoms with Gasteiger partial charge in [0.25, 0.3) is 0 Å². The van der Waals surface area contributed by atoms with Gasteiger partial charge in [-0.2, -0.15) is 0 Å². The number of hydrogen-bond acceptors (Lipinski definition) is 5. The van der Waals surface area contributed by atoms with Crippen LogP contribution in [0.3, 0.4) is 0 Å². The molecule has 3 heterocycles. The largest absolute Gasteiger partial charge is 0.333 e. The van der Waals surface area contributed by atoms with Crippen LogP contribution in [0.2, 0.25) is 0 Å². The summed E-state index contributed by atoms with van der Waals surface area (Å²) in [6.07, 6.45) is 8.22. The number of nitrogens with zero attached hydrogens (tertiary/aromatic N) is 4. The third-order valence-electron chi connectivity index (χ3n) is 3.53. The van der Waals surface area contributed by atoms with Gasteiger partial charge in [-0.25, -0.2) is 5.06 Å². The lowest BCUT2D eigenvalue weighted by atomic mass is 10.1. The van der Waals surface area contributed by atoms with Crippen molar-refractivity contribution in [1.29, 1.82) is 0 Å². The first kappa shape index (κ1) is 12.3. The molecule has 3 rings (SSSR count). The minimum Gasteiger partial charge on any atom is -0.333 e. The van der Waals surface area contributed by atoms with Crippen LogP contribution in [0.4, 0.5) is 0 Å². The molecule has 0 amide bonds. The molecule has 3 aliphatic rings. The molecule has 0 radical (unpaired) electrons. The average Bonchev–Trinajstić information content (AvgIpc) is 2.81. The lowest BCUT2D eigenvalue weighted by molar-refractivity contribution is -0.0967. The van der Waals surface area contributed by atoms with Crippen molar-refractivity contribution in [3.05, 3.63) is 35.2 Å². The topological polar surface area (TPSA) is 31.3 Å². The number of hydrogen-bond donors (Lipinski definition) is 0. The number of aliphatic imine (C=N–C) groups is 1. The van der Waals surface area contributed by atoms with E-state index in [0.29, 0.717) is 0 Å². The second-order valence-corrected chi connectivity index (χ2v) is 5.10. The van der Waals surface area contributed by atoms with E-state index in [-0.39, 0.29) is 0 Å². The maximum atomic E-state index is 5.30. The first-order chi connectivity index (χ1) is 9.22. The molecule has 0 aliphatic carbocycles. The van der Waals surface area contributed by atoms with Gasteiger partial charge >= 0.3 is 0 Å². The first-order valence-corrected chi connectivity index (χ1v) is 6.74. The lowest BCUT2D eigenvalue weighted by Gasteiger charge is -2.38. The zero-order valence-electron chi connectivity index (χ0n) is 11.8. The second-order valence-electron chi connectivity index (χ2n) is 5.10. The van der Waals surface area contributed by atoms with E-state index in [9.17, 15) is 0 Å². The first-order valence-electron chi connectivity index (χ1n) is 6.74. The van der Waals surface area contributed by atoms with Gasteiger partial charge in [-0.15, -0.1) is 0 Å². The van der Waals surface area contributed by atoms with Crippen LogP contribution in [0, 0.1) is 0 Å². The second kappa shape index (κ2) is 4.74. The molecule has 0 atom stereocenters. The fourth-order valence-electron chi connectivity index (χ4n) is 2.73. The quantitative estimate of drug-likeness (QED) is 0.779. The van der Waals surface area contributed by atoms with E-state index in [0.717, 1.165) is 37.4 Å². The van der Waals surface area contributed by atoms with Crippen LogP contribution in [0.5, 0.6) is 0 Å². The molecular weight excluding hydrogens is 240 g/mol. The summed E-state index contributed by atoms with van der Waals surface area (Å²) < 4.78 is 0. The van der Waals surface area contributed by atoms with Crippen molar-refractivity contribution in [1.82, 2.24) is 14.9 Å². The molecule has 5 nitrogen and oxygen atoms in total. The summed E-state index contributed by atoms with van der Waals surface area (Å²) >= 11 is 0. The van der Waals surface area contributed by atoms with Gasteiger partial charge in [-0.05, 0) is 13.3 Å². The number of allylic oxidation sites excluding steroid dienone is 2. The Labute approximate surface area is 114 Å². The van der Waals surface area contributed by atoms with Crippen molar-refractivity contribution in [3.8, 4) is 0 Å². The highest BCUT2D eigenvalue weighted by Gasteiger charge is 2.32. The van der Waals surface area contributed by atoms with Crippen molar-refractivity contribution in [3.63, 3.8) is 0 Å². The average molecular weight is 260 g/mol. The normalized spacial score (nSPS) is 21.5. The number of fused-ring (bicyclic) bond motifs is 2. The van der Waals surface area contributed by atoms with Crippen molar-refractivity contribution >= 4 is 6.21 Å². The zero-order valence-corrected chi connectivity index (χ0v) is 11.8. The Balaban J connectivity index is 1.94. The minimum absolute atomic E-state index is 0.726. The van der Waals surface area contributed by atoms with Crippen LogP contribution in [0.15, 0.2) is 40.2 Å². The fourth-order valence-corrected chi connectivity index (χ4v) is 2.73. The minimum atomic E-state index is 0.726. The Bertz CT molecular complexity index is 504. The molecule has 0 N–H and O–H groups in total. The number of rotatable bonds is 3. The van der Waals surface area contributed by atoms with Gasteiger partial charge < -0.3 is 9.80 Å². The Hall–Kier alpha value is -1.75. The van der Waals surface area contributed by atoms with Crippen molar-refractivity contribution in [2.45, 2.75) is 26.7 Å². The van der Waals surface area contributed by atoms with Gasteiger partial charge in [-0.1, -0.05) is 12.5 Å². The zero-order chi connectivity index (χ0) is 13.4. The van der Waals surface area contributed by atoms with Crippen molar-refractivity contribution in [2.75, 3.05) is 20.3 Å². The molecule has 0 unspecified atom stereocenters. The molecule has 5 heteroatoms. The molecule has 0 aromatic carbocycles. The lowest BCUT2D eigenvalue weighted by Crippen LogP contribution is -2.38. The highest BCUT2D eigenvalue weighted by Crippen LogP contribution is 2.35. The van der Waals surface area contributed by atoms with E-state index >= 15 is 0 Å². The molecule has 102 valence electrons.